The Hall–Kier alpha value is -1.68. The normalized spacial score (nSPS) is 15.6. The second kappa shape index (κ2) is 3.42. The number of nitrogens with zero attached hydrogens (tertiary/aromatic N) is 1. The van der Waals surface area contributed by atoms with Crippen molar-refractivity contribution in [2.75, 3.05) is 0 Å². The number of aliphatic hydroxyl groups excluding tert-OH is 1. The van der Waals surface area contributed by atoms with E-state index in [1.165, 1.54) is 0 Å². The third-order valence-corrected chi connectivity index (χ3v) is 2.98. The van der Waals surface area contributed by atoms with Gasteiger partial charge in [0.2, 0.25) is 0 Å². The van der Waals surface area contributed by atoms with E-state index in [9.17, 15) is 4.79 Å². The molecular formula is C12H12N2O2. The Bertz CT molecular complexity index is 599. The molecule has 0 aliphatic heterocycles. The number of rotatable bonds is 2. The van der Waals surface area contributed by atoms with Crippen LogP contribution >= 0.6 is 0 Å². The van der Waals surface area contributed by atoms with Crippen LogP contribution in [-0.4, -0.2) is 15.1 Å². The van der Waals surface area contributed by atoms with E-state index in [0.29, 0.717) is 17.0 Å². The molecule has 0 amide bonds. The molecule has 16 heavy (non-hydrogen) atoms. The lowest BCUT2D eigenvalue weighted by Gasteiger charge is -2.02. The van der Waals surface area contributed by atoms with E-state index in [2.05, 4.69) is 9.97 Å². The number of H-pyrrole nitrogens is 1. The molecule has 4 heteroatoms. The molecule has 0 spiro atoms. The first-order chi connectivity index (χ1) is 7.78. The van der Waals surface area contributed by atoms with E-state index in [4.69, 9.17) is 5.11 Å². The van der Waals surface area contributed by atoms with Gasteiger partial charge in [0.1, 0.15) is 0 Å². The molecule has 2 aromatic heterocycles. The summed E-state index contributed by atoms with van der Waals surface area (Å²) in [4.78, 5) is 18.8. The van der Waals surface area contributed by atoms with Crippen molar-refractivity contribution in [3.8, 4) is 0 Å². The first-order valence-corrected chi connectivity index (χ1v) is 5.40. The zero-order valence-corrected chi connectivity index (χ0v) is 8.73. The average molecular weight is 216 g/mol. The highest BCUT2D eigenvalue weighted by molar-refractivity contribution is 5.75. The topological polar surface area (TPSA) is 66.0 Å². The van der Waals surface area contributed by atoms with Gasteiger partial charge in [-0.05, 0) is 36.5 Å². The van der Waals surface area contributed by atoms with Crippen molar-refractivity contribution in [1.82, 2.24) is 9.97 Å². The first kappa shape index (κ1) is 9.54. The van der Waals surface area contributed by atoms with Gasteiger partial charge in [-0.25, -0.2) is 0 Å². The Morgan fingerprint density at radius 2 is 2.25 bits per heavy atom. The van der Waals surface area contributed by atoms with Gasteiger partial charge in [0.25, 0.3) is 5.56 Å². The van der Waals surface area contributed by atoms with E-state index in [-0.39, 0.29) is 12.2 Å². The van der Waals surface area contributed by atoms with Crippen LogP contribution in [0.1, 0.15) is 29.9 Å². The van der Waals surface area contributed by atoms with Crippen molar-refractivity contribution in [2.45, 2.75) is 25.4 Å². The summed E-state index contributed by atoms with van der Waals surface area (Å²) in [6.45, 7) is -0.0602. The van der Waals surface area contributed by atoms with Gasteiger partial charge >= 0.3 is 0 Å². The number of aromatic amines is 1. The van der Waals surface area contributed by atoms with E-state index in [0.717, 1.165) is 23.9 Å². The monoisotopic (exact) mass is 216 g/mol. The van der Waals surface area contributed by atoms with E-state index >= 15 is 0 Å². The number of nitrogens with one attached hydrogen (secondary N) is 1. The molecule has 2 aromatic rings. The van der Waals surface area contributed by atoms with Crippen molar-refractivity contribution in [2.24, 2.45) is 0 Å². The maximum absolute atomic E-state index is 11.8. The molecule has 1 saturated carbocycles. The molecular weight excluding hydrogens is 204 g/mol. The Labute approximate surface area is 92.0 Å². The second-order valence-electron chi connectivity index (χ2n) is 4.26. The Balaban J connectivity index is 2.22. The minimum Gasteiger partial charge on any atom is -0.392 e. The third kappa shape index (κ3) is 1.51. The molecule has 82 valence electrons. The smallest absolute Gasteiger partial charge is 0.252 e. The lowest BCUT2D eigenvalue weighted by molar-refractivity contribution is 0.281. The molecule has 0 unspecified atom stereocenters. The molecule has 0 radical (unpaired) electrons. The van der Waals surface area contributed by atoms with Crippen LogP contribution in [0.4, 0.5) is 0 Å². The lowest BCUT2D eigenvalue weighted by Crippen LogP contribution is -2.11. The van der Waals surface area contributed by atoms with Crippen LogP contribution in [0.15, 0.2) is 23.1 Å². The number of fused-ring (bicyclic) bond motifs is 1. The maximum Gasteiger partial charge on any atom is 0.252 e. The number of aromatic nitrogens is 2. The summed E-state index contributed by atoms with van der Waals surface area (Å²) in [5.74, 6) is 0.424. The van der Waals surface area contributed by atoms with Crippen LogP contribution in [0.25, 0.3) is 11.0 Å². The molecule has 3 rings (SSSR count). The molecule has 1 aliphatic rings. The standard InChI is InChI=1S/C12H12N2O2/c15-6-7-3-11-10(13-5-7)4-9(8-1-2-8)12(16)14-11/h3-5,8,15H,1-2,6H2,(H,14,16). The van der Waals surface area contributed by atoms with E-state index in [1.54, 1.807) is 12.3 Å². The van der Waals surface area contributed by atoms with Gasteiger partial charge in [0.05, 0.1) is 17.6 Å². The van der Waals surface area contributed by atoms with Crippen molar-refractivity contribution < 1.29 is 5.11 Å². The van der Waals surface area contributed by atoms with Crippen molar-refractivity contribution in [1.29, 1.82) is 0 Å². The summed E-state index contributed by atoms with van der Waals surface area (Å²) < 4.78 is 0. The van der Waals surface area contributed by atoms with Gasteiger partial charge in [0, 0.05) is 11.8 Å². The summed E-state index contributed by atoms with van der Waals surface area (Å²) in [7, 11) is 0. The van der Waals surface area contributed by atoms with Crippen LogP contribution in [0.5, 0.6) is 0 Å². The molecule has 1 fully saturated rings. The Kier molecular flexibility index (Phi) is 2.04. The minimum absolute atomic E-state index is 0.0214. The van der Waals surface area contributed by atoms with Crippen molar-refractivity contribution in [3.63, 3.8) is 0 Å². The highest BCUT2D eigenvalue weighted by Crippen LogP contribution is 2.38. The van der Waals surface area contributed by atoms with Gasteiger partial charge in [-0.15, -0.1) is 0 Å². The second-order valence-corrected chi connectivity index (χ2v) is 4.26. The Morgan fingerprint density at radius 1 is 1.44 bits per heavy atom. The fourth-order valence-electron chi connectivity index (χ4n) is 1.93. The average Bonchev–Trinajstić information content (AvgIpc) is 3.11. The third-order valence-electron chi connectivity index (χ3n) is 2.98. The molecule has 2 heterocycles. The number of hydrogen-bond donors (Lipinski definition) is 2. The van der Waals surface area contributed by atoms with Gasteiger partial charge in [0.15, 0.2) is 0 Å². The fourth-order valence-corrected chi connectivity index (χ4v) is 1.93. The number of hydrogen-bond acceptors (Lipinski definition) is 3. The highest BCUT2D eigenvalue weighted by atomic mass is 16.3. The van der Waals surface area contributed by atoms with Crippen LogP contribution in [0, 0.1) is 0 Å². The first-order valence-electron chi connectivity index (χ1n) is 5.40. The quantitative estimate of drug-likeness (QED) is 0.795. The predicted molar refractivity (Wildman–Crippen MR) is 60.3 cm³/mol. The summed E-state index contributed by atoms with van der Waals surface area (Å²) in [5, 5.41) is 8.99. The van der Waals surface area contributed by atoms with Crippen LogP contribution in [-0.2, 0) is 6.61 Å². The maximum atomic E-state index is 11.8. The molecule has 0 saturated heterocycles. The molecule has 1 aliphatic carbocycles. The van der Waals surface area contributed by atoms with Gasteiger partial charge < -0.3 is 10.1 Å². The molecule has 0 bridgehead atoms. The largest absolute Gasteiger partial charge is 0.392 e. The van der Waals surface area contributed by atoms with E-state index < -0.39 is 0 Å². The zero-order valence-electron chi connectivity index (χ0n) is 8.73. The summed E-state index contributed by atoms with van der Waals surface area (Å²) in [5.41, 5.74) is 3.02. The predicted octanol–water partition coefficient (Wildman–Crippen LogP) is 1.29. The van der Waals surface area contributed by atoms with Crippen LogP contribution in [0.3, 0.4) is 0 Å². The van der Waals surface area contributed by atoms with Crippen molar-refractivity contribution >= 4 is 11.0 Å². The summed E-state index contributed by atoms with van der Waals surface area (Å²) >= 11 is 0. The summed E-state index contributed by atoms with van der Waals surface area (Å²) in [6.07, 6.45) is 3.84. The van der Waals surface area contributed by atoms with Gasteiger partial charge in [-0.1, -0.05) is 0 Å². The highest BCUT2D eigenvalue weighted by Gasteiger charge is 2.26. The Morgan fingerprint density at radius 3 is 2.94 bits per heavy atom. The molecule has 0 atom stereocenters. The number of pyridine rings is 2. The van der Waals surface area contributed by atoms with Crippen LogP contribution < -0.4 is 5.56 Å². The molecule has 4 nitrogen and oxygen atoms in total. The van der Waals surface area contributed by atoms with Crippen LogP contribution in [0.2, 0.25) is 0 Å². The molecule has 0 aromatic carbocycles. The van der Waals surface area contributed by atoms with Gasteiger partial charge in [-0.3, -0.25) is 9.78 Å². The number of aliphatic hydroxyl groups is 1. The molecule has 2 N–H and O–H groups in total. The van der Waals surface area contributed by atoms with Gasteiger partial charge in [-0.2, -0.15) is 0 Å². The lowest BCUT2D eigenvalue weighted by atomic mass is 10.1. The minimum atomic E-state index is -0.0602. The van der Waals surface area contributed by atoms with E-state index in [1.807, 2.05) is 6.07 Å². The fraction of sp³-hybridized carbons (Fsp3) is 0.333. The summed E-state index contributed by atoms with van der Waals surface area (Å²) in [6, 6.07) is 3.63. The van der Waals surface area contributed by atoms with Crippen molar-refractivity contribution in [3.05, 3.63) is 39.8 Å². The SMILES string of the molecule is O=c1[nH]c2cc(CO)cnc2cc1C1CC1. The zero-order chi connectivity index (χ0) is 11.1.